The molecule has 7 nitrogen and oxygen atoms in total. The minimum Gasteiger partial charge on any atom is -0.365 e. The summed E-state index contributed by atoms with van der Waals surface area (Å²) in [6.45, 7) is 0. The normalized spacial score (nSPS) is 13.3. The molecule has 0 saturated carbocycles. The first-order valence-corrected chi connectivity index (χ1v) is 11.7. The Kier molecular flexibility index (Phi) is 5.70. The Labute approximate surface area is 199 Å². The number of primary amides is 1. The number of amides is 2. The van der Waals surface area contributed by atoms with Crippen LogP contribution in [0.1, 0.15) is 39.2 Å². The minimum absolute atomic E-state index is 0.0844. The maximum absolute atomic E-state index is 13.0. The molecule has 8 heteroatoms. The summed E-state index contributed by atoms with van der Waals surface area (Å²) in [6, 6.07) is 16.9. The SMILES string of the molecule is N#C/C(=C/c1ccc2noc(-c3ccccc3)c2c1)C(=O)Nc1sc2c(c1C(N)=O)CCCC2. The molecular formula is C26H20N4O3S. The molecule has 0 spiro atoms. The zero-order chi connectivity index (χ0) is 23.7. The van der Waals surface area contributed by atoms with E-state index in [1.165, 1.54) is 17.4 Å². The smallest absolute Gasteiger partial charge is 0.266 e. The molecule has 168 valence electrons. The van der Waals surface area contributed by atoms with Crippen LogP contribution in [0, 0.1) is 11.3 Å². The van der Waals surface area contributed by atoms with Crippen LogP contribution in [0.15, 0.2) is 58.6 Å². The van der Waals surface area contributed by atoms with E-state index in [1.54, 1.807) is 12.1 Å². The molecule has 0 saturated heterocycles. The summed E-state index contributed by atoms with van der Waals surface area (Å²) in [4.78, 5) is 26.1. The van der Waals surface area contributed by atoms with Gasteiger partial charge in [-0.25, -0.2) is 0 Å². The van der Waals surface area contributed by atoms with Gasteiger partial charge in [0.15, 0.2) is 5.76 Å². The Morgan fingerprint density at radius 1 is 1.15 bits per heavy atom. The predicted molar refractivity (Wildman–Crippen MR) is 131 cm³/mol. The van der Waals surface area contributed by atoms with E-state index >= 15 is 0 Å². The molecule has 4 aromatic rings. The second-order valence-electron chi connectivity index (χ2n) is 8.06. The molecule has 0 radical (unpaired) electrons. The molecule has 34 heavy (non-hydrogen) atoms. The lowest BCUT2D eigenvalue weighted by Gasteiger charge is -2.11. The van der Waals surface area contributed by atoms with Crippen molar-refractivity contribution in [2.45, 2.75) is 25.7 Å². The summed E-state index contributed by atoms with van der Waals surface area (Å²) >= 11 is 1.37. The topological polar surface area (TPSA) is 122 Å². The minimum atomic E-state index is -0.586. The van der Waals surface area contributed by atoms with Crippen molar-refractivity contribution < 1.29 is 14.1 Å². The molecule has 0 bridgehead atoms. The zero-order valence-electron chi connectivity index (χ0n) is 18.1. The van der Waals surface area contributed by atoms with Gasteiger partial charge in [-0.2, -0.15) is 5.26 Å². The van der Waals surface area contributed by atoms with Crippen LogP contribution in [0.2, 0.25) is 0 Å². The van der Waals surface area contributed by atoms with E-state index in [1.807, 2.05) is 42.5 Å². The lowest BCUT2D eigenvalue weighted by Crippen LogP contribution is -2.19. The van der Waals surface area contributed by atoms with Crippen molar-refractivity contribution >= 4 is 45.1 Å². The van der Waals surface area contributed by atoms with Gasteiger partial charge in [0.25, 0.3) is 11.8 Å². The van der Waals surface area contributed by atoms with Crippen LogP contribution in [-0.2, 0) is 17.6 Å². The molecular weight excluding hydrogens is 448 g/mol. The second-order valence-corrected chi connectivity index (χ2v) is 9.16. The lowest BCUT2D eigenvalue weighted by molar-refractivity contribution is -0.112. The zero-order valence-corrected chi connectivity index (χ0v) is 18.9. The third-order valence-electron chi connectivity index (χ3n) is 5.86. The average Bonchev–Trinajstić information content (AvgIpc) is 3.43. The van der Waals surface area contributed by atoms with Gasteiger partial charge in [-0.15, -0.1) is 11.3 Å². The first kappa shape index (κ1) is 21.6. The number of fused-ring (bicyclic) bond motifs is 2. The van der Waals surface area contributed by atoms with Crippen molar-refractivity contribution in [1.29, 1.82) is 5.26 Å². The number of hydrogen-bond donors (Lipinski definition) is 2. The molecule has 0 aliphatic heterocycles. The molecule has 0 unspecified atom stereocenters. The van der Waals surface area contributed by atoms with E-state index in [0.717, 1.165) is 47.1 Å². The quantitative estimate of drug-likeness (QED) is 0.312. The number of carbonyl (C=O) groups excluding carboxylic acids is 2. The van der Waals surface area contributed by atoms with Gasteiger partial charge in [-0.1, -0.05) is 41.6 Å². The van der Waals surface area contributed by atoms with Crippen LogP contribution in [-0.4, -0.2) is 17.0 Å². The standard InChI is InChI=1S/C26H20N4O3S/c27-14-17(25(32)29-26-22(24(28)31)18-8-4-5-9-21(18)34-26)12-15-10-11-20-19(13-15)23(33-30-20)16-6-2-1-3-7-16/h1-3,6-7,10-13H,4-5,8-9H2,(H2,28,31)(H,29,32)/b17-12-. The summed E-state index contributed by atoms with van der Waals surface area (Å²) in [5.41, 5.74) is 9.03. The van der Waals surface area contributed by atoms with E-state index in [4.69, 9.17) is 10.3 Å². The Hall–Kier alpha value is -4.22. The molecule has 2 amide bonds. The maximum atomic E-state index is 13.0. The van der Waals surface area contributed by atoms with Gasteiger partial charge in [-0.05, 0) is 55.0 Å². The Morgan fingerprint density at radius 3 is 2.71 bits per heavy atom. The third-order valence-corrected chi connectivity index (χ3v) is 7.06. The van der Waals surface area contributed by atoms with Crippen molar-refractivity contribution in [2.75, 3.05) is 5.32 Å². The van der Waals surface area contributed by atoms with E-state index in [-0.39, 0.29) is 5.57 Å². The molecule has 1 aliphatic rings. The predicted octanol–water partition coefficient (Wildman–Crippen LogP) is 5.08. The number of aryl methyl sites for hydroxylation is 1. The molecule has 3 N–H and O–H groups in total. The highest BCUT2D eigenvalue weighted by atomic mass is 32.1. The summed E-state index contributed by atoms with van der Waals surface area (Å²) in [5.74, 6) is -0.537. The average molecular weight is 469 g/mol. The van der Waals surface area contributed by atoms with Crippen molar-refractivity contribution in [1.82, 2.24) is 5.16 Å². The van der Waals surface area contributed by atoms with Gasteiger partial charge >= 0.3 is 0 Å². The monoisotopic (exact) mass is 468 g/mol. The van der Waals surface area contributed by atoms with E-state index < -0.39 is 11.8 Å². The number of nitrogens with zero attached hydrogens (tertiary/aromatic N) is 2. The van der Waals surface area contributed by atoms with Crippen LogP contribution >= 0.6 is 11.3 Å². The number of anilines is 1. The lowest BCUT2D eigenvalue weighted by atomic mass is 9.95. The van der Waals surface area contributed by atoms with Gasteiger partial charge in [0.1, 0.15) is 22.2 Å². The number of carbonyl (C=O) groups is 2. The van der Waals surface area contributed by atoms with E-state index in [9.17, 15) is 14.9 Å². The molecule has 5 rings (SSSR count). The number of nitriles is 1. The molecule has 2 heterocycles. The third kappa shape index (κ3) is 3.98. The van der Waals surface area contributed by atoms with Crippen LogP contribution in [0.3, 0.4) is 0 Å². The van der Waals surface area contributed by atoms with Gasteiger partial charge in [0.05, 0.1) is 10.9 Å². The Balaban J connectivity index is 1.47. The fraction of sp³-hybridized carbons (Fsp3) is 0.154. The van der Waals surface area contributed by atoms with E-state index in [2.05, 4.69) is 10.5 Å². The molecule has 1 aliphatic carbocycles. The van der Waals surface area contributed by atoms with Crippen LogP contribution in [0.5, 0.6) is 0 Å². The Morgan fingerprint density at radius 2 is 1.94 bits per heavy atom. The van der Waals surface area contributed by atoms with Gasteiger partial charge in [0.2, 0.25) is 0 Å². The second kappa shape index (κ2) is 8.96. The van der Waals surface area contributed by atoms with Gasteiger partial charge < -0.3 is 15.6 Å². The molecule has 0 atom stereocenters. The number of hydrogen-bond acceptors (Lipinski definition) is 6. The van der Waals surface area contributed by atoms with Crippen molar-refractivity contribution in [2.24, 2.45) is 5.73 Å². The number of aromatic nitrogens is 1. The van der Waals surface area contributed by atoms with Gasteiger partial charge in [-0.3, -0.25) is 9.59 Å². The Bertz CT molecular complexity index is 1490. The highest BCUT2D eigenvalue weighted by molar-refractivity contribution is 7.17. The van der Waals surface area contributed by atoms with Crippen LogP contribution in [0.25, 0.3) is 28.3 Å². The summed E-state index contributed by atoms with van der Waals surface area (Å²) in [5, 5.41) is 17.7. The fourth-order valence-electron chi connectivity index (χ4n) is 4.25. The number of rotatable bonds is 5. The van der Waals surface area contributed by atoms with E-state index in [0.29, 0.717) is 27.4 Å². The number of nitrogens with two attached hydrogens (primary N) is 1. The molecule has 2 aromatic carbocycles. The van der Waals surface area contributed by atoms with Crippen molar-refractivity contribution in [3.05, 3.63) is 75.7 Å². The highest BCUT2D eigenvalue weighted by Gasteiger charge is 2.25. The van der Waals surface area contributed by atoms with Crippen LogP contribution in [0.4, 0.5) is 5.00 Å². The first-order chi connectivity index (χ1) is 16.5. The first-order valence-electron chi connectivity index (χ1n) is 10.9. The number of benzene rings is 2. The summed E-state index contributed by atoms with van der Waals surface area (Å²) in [7, 11) is 0. The number of thiophene rings is 1. The van der Waals surface area contributed by atoms with Crippen molar-refractivity contribution in [3.8, 4) is 17.4 Å². The van der Waals surface area contributed by atoms with Gasteiger partial charge in [0, 0.05) is 10.4 Å². The largest absolute Gasteiger partial charge is 0.365 e. The van der Waals surface area contributed by atoms with Crippen molar-refractivity contribution in [3.63, 3.8) is 0 Å². The highest BCUT2D eigenvalue weighted by Crippen LogP contribution is 2.38. The molecule has 0 fully saturated rings. The fourth-order valence-corrected chi connectivity index (χ4v) is 5.54. The number of nitrogens with one attached hydrogen (secondary N) is 1. The summed E-state index contributed by atoms with van der Waals surface area (Å²) in [6.07, 6.45) is 5.16. The van der Waals surface area contributed by atoms with Crippen LogP contribution < -0.4 is 11.1 Å². The summed E-state index contributed by atoms with van der Waals surface area (Å²) < 4.78 is 5.53. The maximum Gasteiger partial charge on any atom is 0.266 e. The molecule has 2 aromatic heterocycles.